The van der Waals surface area contributed by atoms with Gasteiger partial charge in [-0.1, -0.05) is 0 Å². The molecular weight excluding hydrogens is 330 g/mol. The number of hydrogen-bond acceptors (Lipinski definition) is 5. The Morgan fingerprint density at radius 3 is 3.15 bits per heavy atom. The molecule has 1 amide bonds. The van der Waals surface area contributed by atoms with Crippen molar-refractivity contribution < 1.29 is 9.53 Å². The summed E-state index contributed by atoms with van der Waals surface area (Å²) in [4.78, 5) is 31.0. The molecule has 0 saturated carbocycles. The number of fused-ring (bicyclic) bond motifs is 1. The van der Waals surface area contributed by atoms with E-state index in [1.165, 1.54) is 0 Å². The number of rotatable bonds is 4. The minimum Gasteiger partial charge on any atom is -0.377 e. The zero-order valence-corrected chi connectivity index (χ0v) is 14.7. The highest BCUT2D eigenvalue weighted by atomic mass is 16.5. The van der Waals surface area contributed by atoms with Crippen molar-refractivity contribution in [1.29, 1.82) is 0 Å². The van der Waals surface area contributed by atoms with E-state index < -0.39 is 0 Å². The number of aryl methyl sites for hydroxylation is 2. The van der Waals surface area contributed by atoms with Crippen molar-refractivity contribution in [3.05, 3.63) is 53.9 Å². The van der Waals surface area contributed by atoms with Crippen molar-refractivity contribution in [1.82, 2.24) is 24.8 Å². The van der Waals surface area contributed by atoms with E-state index in [1.807, 2.05) is 30.0 Å². The fraction of sp³-hybridized carbons (Fsp3) is 0.368. The van der Waals surface area contributed by atoms with Crippen LogP contribution in [0.2, 0.25) is 0 Å². The third-order valence-electron chi connectivity index (χ3n) is 4.69. The van der Waals surface area contributed by atoms with Crippen LogP contribution in [-0.4, -0.2) is 56.5 Å². The number of morpholine rings is 1. The average Bonchev–Trinajstić information content (AvgIpc) is 3.06. The van der Waals surface area contributed by atoms with Gasteiger partial charge in [0.15, 0.2) is 0 Å². The van der Waals surface area contributed by atoms with Crippen LogP contribution in [0.15, 0.2) is 36.8 Å². The SMILES string of the molecule is Cc1nc2ccc(C(=O)N3CCOCC3CCc3cnccn3)cc2[nH]1. The van der Waals surface area contributed by atoms with Crippen LogP contribution >= 0.6 is 0 Å². The first-order valence-electron chi connectivity index (χ1n) is 8.81. The first kappa shape index (κ1) is 16.7. The standard InChI is InChI=1S/C19H21N5O2/c1-13-22-17-5-2-14(10-18(17)23-13)19(25)24-8-9-26-12-16(24)4-3-15-11-20-6-7-21-15/h2,5-7,10-11,16H,3-4,8-9,12H2,1H3,(H,22,23). The Hall–Kier alpha value is -2.80. The van der Waals surface area contributed by atoms with Crippen molar-refractivity contribution in [2.45, 2.75) is 25.8 Å². The van der Waals surface area contributed by atoms with Crippen molar-refractivity contribution in [3.63, 3.8) is 0 Å². The minimum absolute atomic E-state index is 0.0339. The maximum Gasteiger partial charge on any atom is 0.254 e. The Balaban J connectivity index is 1.51. The quantitative estimate of drug-likeness (QED) is 0.778. The third-order valence-corrected chi connectivity index (χ3v) is 4.69. The van der Waals surface area contributed by atoms with E-state index in [-0.39, 0.29) is 11.9 Å². The Labute approximate surface area is 151 Å². The largest absolute Gasteiger partial charge is 0.377 e. The molecule has 1 aliphatic rings. The van der Waals surface area contributed by atoms with E-state index >= 15 is 0 Å². The number of nitrogens with zero attached hydrogens (tertiary/aromatic N) is 4. The van der Waals surface area contributed by atoms with Gasteiger partial charge in [0.2, 0.25) is 0 Å². The summed E-state index contributed by atoms with van der Waals surface area (Å²) in [6.45, 7) is 3.63. The second-order valence-electron chi connectivity index (χ2n) is 6.52. The molecule has 1 aliphatic heterocycles. The number of H-pyrrole nitrogens is 1. The average molecular weight is 351 g/mol. The highest BCUT2D eigenvalue weighted by molar-refractivity contribution is 5.97. The molecule has 2 aromatic heterocycles. The molecule has 7 heteroatoms. The highest BCUT2D eigenvalue weighted by Gasteiger charge is 2.28. The lowest BCUT2D eigenvalue weighted by Gasteiger charge is -2.35. The summed E-state index contributed by atoms with van der Waals surface area (Å²) < 4.78 is 5.61. The van der Waals surface area contributed by atoms with Gasteiger partial charge in [0.25, 0.3) is 5.91 Å². The molecule has 1 saturated heterocycles. The van der Waals surface area contributed by atoms with Gasteiger partial charge >= 0.3 is 0 Å². The van der Waals surface area contributed by atoms with E-state index in [9.17, 15) is 4.79 Å². The number of carbonyl (C=O) groups excluding carboxylic acids is 1. The molecule has 1 aromatic carbocycles. The molecule has 1 N–H and O–H groups in total. The van der Waals surface area contributed by atoms with Gasteiger partial charge in [-0.15, -0.1) is 0 Å². The van der Waals surface area contributed by atoms with Gasteiger partial charge in [-0.05, 0) is 38.0 Å². The molecule has 0 spiro atoms. The van der Waals surface area contributed by atoms with Crippen LogP contribution in [0.4, 0.5) is 0 Å². The number of imidazole rings is 1. The van der Waals surface area contributed by atoms with Gasteiger partial charge in [0.05, 0.1) is 36.0 Å². The van der Waals surface area contributed by atoms with Crippen LogP contribution in [0.3, 0.4) is 0 Å². The molecule has 0 bridgehead atoms. The van der Waals surface area contributed by atoms with Crippen molar-refractivity contribution in [2.75, 3.05) is 19.8 Å². The number of benzene rings is 1. The first-order chi connectivity index (χ1) is 12.7. The molecule has 0 radical (unpaired) electrons. The van der Waals surface area contributed by atoms with Crippen LogP contribution < -0.4 is 0 Å². The van der Waals surface area contributed by atoms with Gasteiger partial charge in [-0.2, -0.15) is 0 Å². The topological polar surface area (TPSA) is 84.0 Å². The van der Waals surface area contributed by atoms with Crippen LogP contribution in [0.1, 0.15) is 28.3 Å². The zero-order valence-electron chi connectivity index (χ0n) is 14.7. The molecule has 7 nitrogen and oxygen atoms in total. The van der Waals surface area contributed by atoms with Gasteiger partial charge in [-0.25, -0.2) is 4.98 Å². The number of carbonyl (C=O) groups is 1. The van der Waals surface area contributed by atoms with Crippen LogP contribution in [0.5, 0.6) is 0 Å². The molecule has 0 aliphatic carbocycles. The second-order valence-corrected chi connectivity index (χ2v) is 6.52. The van der Waals surface area contributed by atoms with E-state index in [1.54, 1.807) is 18.6 Å². The summed E-state index contributed by atoms with van der Waals surface area (Å²) in [6.07, 6.45) is 6.69. The number of nitrogens with one attached hydrogen (secondary N) is 1. The molecule has 4 rings (SSSR count). The monoisotopic (exact) mass is 351 g/mol. The maximum atomic E-state index is 13.1. The Bertz CT molecular complexity index is 909. The van der Waals surface area contributed by atoms with Crippen molar-refractivity contribution in [3.8, 4) is 0 Å². The summed E-state index contributed by atoms with van der Waals surface area (Å²) in [5.74, 6) is 0.879. The van der Waals surface area contributed by atoms with E-state index in [0.717, 1.165) is 35.4 Å². The Morgan fingerprint density at radius 1 is 1.38 bits per heavy atom. The number of hydrogen-bond donors (Lipinski definition) is 1. The number of amides is 1. The normalized spacial score (nSPS) is 17.6. The fourth-order valence-corrected chi connectivity index (χ4v) is 3.37. The summed E-state index contributed by atoms with van der Waals surface area (Å²) in [5.41, 5.74) is 3.37. The molecular formula is C19H21N5O2. The molecule has 1 atom stereocenters. The van der Waals surface area contributed by atoms with Crippen LogP contribution in [0, 0.1) is 6.92 Å². The zero-order chi connectivity index (χ0) is 17.9. The second kappa shape index (κ2) is 7.21. The number of aromatic amines is 1. The lowest BCUT2D eigenvalue weighted by Crippen LogP contribution is -2.48. The summed E-state index contributed by atoms with van der Waals surface area (Å²) in [7, 11) is 0. The van der Waals surface area contributed by atoms with Crippen LogP contribution in [-0.2, 0) is 11.2 Å². The first-order valence-corrected chi connectivity index (χ1v) is 8.81. The lowest BCUT2D eigenvalue weighted by molar-refractivity contribution is -0.00412. The maximum absolute atomic E-state index is 13.1. The Kier molecular flexibility index (Phi) is 4.62. The summed E-state index contributed by atoms with van der Waals surface area (Å²) in [6, 6.07) is 5.66. The van der Waals surface area contributed by atoms with Gasteiger partial charge in [0.1, 0.15) is 5.82 Å². The highest BCUT2D eigenvalue weighted by Crippen LogP contribution is 2.19. The van der Waals surface area contributed by atoms with Crippen molar-refractivity contribution >= 4 is 16.9 Å². The molecule has 134 valence electrons. The molecule has 3 heterocycles. The summed E-state index contributed by atoms with van der Waals surface area (Å²) >= 11 is 0. The van der Waals surface area contributed by atoms with Gasteiger partial charge in [0, 0.05) is 30.7 Å². The molecule has 3 aromatic rings. The van der Waals surface area contributed by atoms with E-state index in [2.05, 4.69) is 19.9 Å². The smallest absolute Gasteiger partial charge is 0.254 e. The lowest BCUT2D eigenvalue weighted by atomic mass is 10.1. The predicted molar refractivity (Wildman–Crippen MR) is 96.8 cm³/mol. The van der Waals surface area contributed by atoms with Crippen LogP contribution in [0.25, 0.3) is 11.0 Å². The van der Waals surface area contributed by atoms with Crippen molar-refractivity contribution in [2.24, 2.45) is 0 Å². The van der Waals surface area contributed by atoms with Gasteiger partial charge in [-0.3, -0.25) is 14.8 Å². The summed E-state index contributed by atoms with van der Waals surface area (Å²) in [5, 5.41) is 0. The fourth-order valence-electron chi connectivity index (χ4n) is 3.37. The minimum atomic E-state index is 0.0339. The van der Waals surface area contributed by atoms with E-state index in [4.69, 9.17) is 4.74 Å². The molecule has 1 fully saturated rings. The van der Waals surface area contributed by atoms with E-state index in [0.29, 0.717) is 25.3 Å². The molecule has 26 heavy (non-hydrogen) atoms. The number of aromatic nitrogens is 4. The Morgan fingerprint density at radius 2 is 2.31 bits per heavy atom. The molecule has 1 unspecified atom stereocenters. The van der Waals surface area contributed by atoms with Gasteiger partial charge < -0.3 is 14.6 Å². The predicted octanol–water partition coefficient (Wildman–Crippen LogP) is 2.14. The third kappa shape index (κ3) is 3.43. The number of ether oxygens (including phenoxy) is 1.